The van der Waals surface area contributed by atoms with Gasteiger partial charge in [0.05, 0.1) is 16.0 Å². The second-order valence-corrected chi connectivity index (χ2v) is 8.18. The number of carbonyl (C=O) groups excluding carboxylic acids is 1. The van der Waals surface area contributed by atoms with Crippen LogP contribution in [0.1, 0.15) is 5.56 Å². The topological polar surface area (TPSA) is 54.9 Å². The molecule has 0 aliphatic heterocycles. The Morgan fingerprint density at radius 1 is 1.14 bits per heavy atom. The summed E-state index contributed by atoms with van der Waals surface area (Å²) in [6.45, 7) is 1.96. The van der Waals surface area contributed by atoms with Crippen LogP contribution in [0.15, 0.2) is 66.0 Å². The van der Waals surface area contributed by atoms with Gasteiger partial charge in [-0.2, -0.15) is 0 Å². The van der Waals surface area contributed by atoms with E-state index in [0.29, 0.717) is 0 Å². The second-order valence-electron chi connectivity index (χ2n) is 6.16. The minimum Gasteiger partial charge on any atom is -0.325 e. The quantitative estimate of drug-likeness (QED) is 0.347. The number of nitrogens with zero attached hydrogens (tertiary/aromatic N) is 2. The highest BCUT2D eigenvalue weighted by molar-refractivity contribution is 8.00. The fourth-order valence-electron chi connectivity index (χ4n) is 2.73. The number of amides is 1. The van der Waals surface area contributed by atoms with Crippen molar-refractivity contribution in [3.05, 3.63) is 72.3 Å². The molecule has 0 radical (unpaired) electrons. The molecule has 4 nitrogen and oxygen atoms in total. The Labute approximate surface area is 169 Å². The predicted molar refractivity (Wildman–Crippen MR) is 113 cm³/mol. The maximum absolute atomic E-state index is 13.2. The maximum atomic E-state index is 13.2. The molecule has 0 saturated heterocycles. The number of nitrogens with one attached hydrogen (secondary N) is 1. The number of thioether (sulfide) groups is 1. The molecule has 0 aliphatic rings. The van der Waals surface area contributed by atoms with Gasteiger partial charge < -0.3 is 5.32 Å². The molecular weight excluding hydrogens is 393 g/mol. The standard InChI is InChI=1S/C21H16FN3OS2/c1-13-4-2-3-5-16(13)25-19(26)11-27-21-20-17(23-12-24-21)10-18(28-20)14-6-8-15(22)9-7-14/h2-10,12H,11H2,1H3,(H,25,26). The third kappa shape index (κ3) is 4.05. The van der Waals surface area contributed by atoms with Crippen molar-refractivity contribution in [2.75, 3.05) is 11.1 Å². The molecule has 2 aromatic carbocycles. The van der Waals surface area contributed by atoms with Crippen molar-refractivity contribution in [2.45, 2.75) is 11.9 Å². The van der Waals surface area contributed by atoms with E-state index in [1.165, 1.54) is 30.2 Å². The number of aryl methyl sites for hydroxylation is 1. The van der Waals surface area contributed by atoms with E-state index in [-0.39, 0.29) is 17.5 Å². The number of hydrogen-bond acceptors (Lipinski definition) is 5. The summed E-state index contributed by atoms with van der Waals surface area (Å²) in [5.41, 5.74) is 3.59. The van der Waals surface area contributed by atoms with Gasteiger partial charge in [-0.3, -0.25) is 4.79 Å². The van der Waals surface area contributed by atoms with Gasteiger partial charge in [0.15, 0.2) is 0 Å². The van der Waals surface area contributed by atoms with Gasteiger partial charge in [-0.25, -0.2) is 14.4 Å². The van der Waals surface area contributed by atoms with E-state index in [1.807, 2.05) is 37.3 Å². The lowest BCUT2D eigenvalue weighted by molar-refractivity contribution is -0.113. The minimum atomic E-state index is -0.263. The van der Waals surface area contributed by atoms with Crippen LogP contribution in [-0.4, -0.2) is 21.6 Å². The van der Waals surface area contributed by atoms with Crippen LogP contribution in [0.5, 0.6) is 0 Å². The Morgan fingerprint density at radius 3 is 2.71 bits per heavy atom. The van der Waals surface area contributed by atoms with Gasteiger partial charge in [0.25, 0.3) is 0 Å². The van der Waals surface area contributed by atoms with Gasteiger partial charge in [-0.05, 0) is 42.3 Å². The number of carbonyl (C=O) groups is 1. The molecule has 0 spiro atoms. The van der Waals surface area contributed by atoms with E-state index in [0.717, 1.165) is 36.9 Å². The number of aromatic nitrogens is 2. The normalized spacial score (nSPS) is 10.9. The summed E-state index contributed by atoms with van der Waals surface area (Å²) in [7, 11) is 0. The van der Waals surface area contributed by atoms with E-state index in [2.05, 4.69) is 15.3 Å². The first-order chi connectivity index (χ1) is 13.6. The third-order valence-corrected chi connectivity index (χ3v) is 6.47. The first-order valence-corrected chi connectivity index (χ1v) is 10.4. The molecule has 4 aromatic rings. The zero-order chi connectivity index (χ0) is 19.5. The molecule has 7 heteroatoms. The molecule has 28 heavy (non-hydrogen) atoms. The van der Waals surface area contributed by atoms with Crippen LogP contribution in [-0.2, 0) is 4.79 Å². The van der Waals surface area contributed by atoms with E-state index in [9.17, 15) is 9.18 Å². The number of para-hydroxylation sites is 1. The molecule has 140 valence electrons. The van der Waals surface area contributed by atoms with Crippen LogP contribution in [0.4, 0.5) is 10.1 Å². The van der Waals surface area contributed by atoms with Gasteiger partial charge >= 0.3 is 0 Å². The summed E-state index contributed by atoms with van der Waals surface area (Å²) >= 11 is 2.92. The molecule has 0 aliphatic carbocycles. The Balaban J connectivity index is 1.51. The molecule has 1 N–H and O–H groups in total. The molecule has 4 rings (SSSR count). The van der Waals surface area contributed by atoms with E-state index in [4.69, 9.17) is 0 Å². The molecular formula is C21H16FN3OS2. The summed E-state index contributed by atoms with van der Waals surface area (Å²) < 4.78 is 14.1. The average Bonchev–Trinajstić information content (AvgIpc) is 3.13. The summed E-state index contributed by atoms with van der Waals surface area (Å²) in [5.74, 6) is -0.0912. The largest absolute Gasteiger partial charge is 0.325 e. The van der Waals surface area contributed by atoms with Crippen molar-refractivity contribution >= 4 is 44.9 Å². The van der Waals surface area contributed by atoms with Crippen molar-refractivity contribution in [3.8, 4) is 10.4 Å². The number of thiophene rings is 1. The average molecular weight is 410 g/mol. The molecule has 0 fully saturated rings. The van der Waals surface area contributed by atoms with Gasteiger partial charge in [0, 0.05) is 10.6 Å². The number of hydrogen-bond donors (Lipinski definition) is 1. The molecule has 0 atom stereocenters. The van der Waals surface area contributed by atoms with Crippen molar-refractivity contribution in [1.82, 2.24) is 9.97 Å². The van der Waals surface area contributed by atoms with Crippen molar-refractivity contribution in [3.63, 3.8) is 0 Å². The molecule has 2 aromatic heterocycles. The predicted octanol–water partition coefficient (Wildman–Crippen LogP) is 5.54. The Hall–Kier alpha value is -2.77. The van der Waals surface area contributed by atoms with Crippen LogP contribution in [0.2, 0.25) is 0 Å². The van der Waals surface area contributed by atoms with Crippen molar-refractivity contribution < 1.29 is 9.18 Å². The van der Waals surface area contributed by atoms with Gasteiger partial charge in [0.2, 0.25) is 5.91 Å². The molecule has 0 bridgehead atoms. The number of anilines is 1. The number of benzene rings is 2. The zero-order valence-corrected chi connectivity index (χ0v) is 16.6. The number of fused-ring (bicyclic) bond motifs is 1. The van der Waals surface area contributed by atoms with Gasteiger partial charge in [-0.15, -0.1) is 11.3 Å². The molecule has 2 heterocycles. The highest BCUT2D eigenvalue weighted by Gasteiger charge is 2.13. The van der Waals surface area contributed by atoms with Crippen LogP contribution in [0, 0.1) is 12.7 Å². The lowest BCUT2D eigenvalue weighted by Gasteiger charge is -2.07. The maximum Gasteiger partial charge on any atom is 0.234 e. The van der Waals surface area contributed by atoms with E-state index < -0.39 is 0 Å². The van der Waals surface area contributed by atoms with Crippen molar-refractivity contribution in [1.29, 1.82) is 0 Å². The lowest BCUT2D eigenvalue weighted by atomic mass is 10.2. The van der Waals surface area contributed by atoms with Crippen LogP contribution in [0.25, 0.3) is 20.7 Å². The van der Waals surface area contributed by atoms with E-state index >= 15 is 0 Å². The summed E-state index contributed by atoms with van der Waals surface area (Å²) in [6.07, 6.45) is 1.51. The lowest BCUT2D eigenvalue weighted by Crippen LogP contribution is -2.14. The van der Waals surface area contributed by atoms with Gasteiger partial charge in [-0.1, -0.05) is 42.1 Å². The second kappa shape index (κ2) is 8.08. The molecule has 0 saturated carbocycles. The molecule has 0 unspecified atom stereocenters. The first-order valence-electron chi connectivity index (χ1n) is 8.59. The summed E-state index contributed by atoms with van der Waals surface area (Å²) in [4.78, 5) is 22.0. The Bertz CT molecular complexity index is 1140. The third-order valence-electron chi connectivity index (χ3n) is 4.17. The fourth-order valence-corrected chi connectivity index (χ4v) is 4.72. The SMILES string of the molecule is Cc1ccccc1NC(=O)CSc1ncnc2cc(-c3ccc(F)cc3)sc12. The highest BCUT2D eigenvalue weighted by Crippen LogP contribution is 2.36. The minimum absolute atomic E-state index is 0.0821. The monoisotopic (exact) mass is 409 g/mol. The van der Waals surface area contributed by atoms with Crippen LogP contribution in [0.3, 0.4) is 0 Å². The summed E-state index contributed by atoms with van der Waals surface area (Å²) in [5, 5.41) is 3.70. The van der Waals surface area contributed by atoms with Gasteiger partial charge in [0.1, 0.15) is 17.2 Å². The smallest absolute Gasteiger partial charge is 0.234 e. The van der Waals surface area contributed by atoms with E-state index in [1.54, 1.807) is 23.5 Å². The molecule has 1 amide bonds. The summed E-state index contributed by atoms with van der Waals surface area (Å²) in [6, 6.07) is 16.0. The van der Waals surface area contributed by atoms with Crippen LogP contribution < -0.4 is 5.32 Å². The van der Waals surface area contributed by atoms with Crippen LogP contribution >= 0.6 is 23.1 Å². The number of rotatable bonds is 5. The zero-order valence-electron chi connectivity index (χ0n) is 15.0. The fraction of sp³-hybridized carbons (Fsp3) is 0.0952. The number of halogens is 1. The first kappa shape index (κ1) is 18.6. The highest BCUT2D eigenvalue weighted by atomic mass is 32.2. The Kier molecular flexibility index (Phi) is 5.36. The van der Waals surface area contributed by atoms with Crippen molar-refractivity contribution in [2.24, 2.45) is 0 Å². The Morgan fingerprint density at radius 2 is 1.93 bits per heavy atom.